The van der Waals surface area contributed by atoms with E-state index in [0.29, 0.717) is 20.8 Å². The molecule has 5 nitrogen and oxygen atoms in total. The van der Waals surface area contributed by atoms with Crippen LogP contribution < -0.4 is 5.32 Å². The third-order valence-electron chi connectivity index (χ3n) is 4.11. The number of carbonyl (C=O) groups is 1. The molecule has 0 unspecified atom stereocenters. The van der Waals surface area contributed by atoms with Crippen molar-refractivity contribution in [2.75, 3.05) is 11.1 Å². The van der Waals surface area contributed by atoms with E-state index >= 15 is 0 Å². The van der Waals surface area contributed by atoms with Crippen LogP contribution in [0.5, 0.6) is 0 Å². The Hall–Kier alpha value is -1.76. The standard InChI is InChI=1S/C17H14Cl2N4OS/c18-12-7-14(19)16-21-22-17(23(16)8-12)25-9-15(24)20-13-5-4-10-2-1-3-11(10)6-13/h4-8H,1-3,9H2,(H,20,24). The molecular weight excluding hydrogens is 379 g/mol. The molecule has 0 atom stereocenters. The van der Waals surface area contributed by atoms with Crippen LogP contribution in [0.15, 0.2) is 35.6 Å². The number of benzene rings is 1. The maximum absolute atomic E-state index is 12.2. The van der Waals surface area contributed by atoms with Gasteiger partial charge < -0.3 is 5.32 Å². The summed E-state index contributed by atoms with van der Waals surface area (Å²) in [4.78, 5) is 12.2. The lowest BCUT2D eigenvalue weighted by Gasteiger charge is -2.07. The van der Waals surface area contributed by atoms with Gasteiger partial charge in [0.25, 0.3) is 0 Å². The molecule has 1 amide bonds. The van der Waals surface area contributed by atoms with Crippen molar-refractivity contribution in [1.82, 2.24) is 14.6 Å². The van der Waals surface area contributed by atoms with Gasteiger partial charge in [0.2, 0.25) is 5.91 Å². The second-order valence-corrected chi connectivity index (χ2v) is 7.64. The van der Waals surface area contributed by atoms with Crippen LogP contribution in [-0.4, -0.2) is 26.3 Å². The van der Waals surface area contributed by atoms with Gasteiger partial charge in [-0.3, -0.25) is 9.20 Å². The molecule has 0 saturated carbocycles. The number of amides is 1. The summed E-state index contributed by atoms with van der Waals surface area (Å²) < 4.78 is 1.69. The number of thioether (sulfide) groups is 1. The van der Waals surface area contributed by atoms with Crippen molar-refractivity contribution in [3.63, 3.8) is 0 Å². The van der Waals surface area contributed by atoms with E-state index in [4.69, 9.17) is 23.2 Å². The summed E-state index contributed by atoms with van der Waals surface area (Å²) >= 11 is 13.4. The van der Waals surface area contributed by atoms with Gasteiger partial charge in [-0.2, -0.15) is 0 Å². The van der Waals surface area contributed by atoms with Crippen LogP contribution in [-0.2, 0) is 17.6 Å². The minimum atomic E-state index is -0.0900. The zero-order chi connectivity index (χ0) is 17.4. The Balaban J connectivity index is 1.44. The second kappa shape index (κ2) is 6.86. The normalized spacial score (nSPS) is 13.2. The molecule has 2 aromatic heterocycles. The summed E-state index contributed by atoms with van der Waals surface area (Å²) in [6.45, 7) is 0. The number of nitrogens with zero attached hydrogens (tertiary/aromatic N) is 3. The van der Waals surface area contributed by atoms with E-state index in [1.165, 1.54) is 29.3 Å². The number of rotatable bonds is 4. The number of pyridine rings is 1. The van der Waals surface area contributed by atoms with Crippen LogP contribution in [0.1, 0.15) is 17.5 Å². The number of aromatic nitrogens is 3. The van der Waals surface area contributed by atoms with Gasteiger partial charge in [-0.1, -0.05) is 41.0 Å². The van der Waals surface area contributed by atoms with Crippen molar-refractivity contribution in [3.05, 3.63) is 51.6 Å². The molecule has 0 radical (unpaired) electrons. The van der Waals surface area contributed by atoms with E-state index in [0.717, 1.165) is 18.5 Å². The maximum Gasteiger partial charge on any atom is 0.234 e. The van der Waals surface area contributed by atoms with E-state index in [9.17, 15) is 4.79 Å². The number of anilines is 1. The SMILES string of the molecule is O=C(CSc1nnc2c(Cl)cc(Cl)cn12)Nc1ccc2c(c1)CCC2. The lowest BCUT2D eigenvalue weighted by molar-refractivity contribution is -0.113. The van der Waals surface area contributed by atoms with E-state index in [1.54, 1.807) is 16.7 Å². The molecule has 25 heavy (non-hydrogen) atoms. The van der Waals surface area contributed by atoms with Crippen LogP contribution in [0.2, 0.25) is 10.0 Å². The molecule has 4 rings (SSSR count). The number of aryl methyl sites for hydroxylation is 2. The third-order valence-corrected chi connectivity index (χ3v) is 5.54. The number of carbonyl (C=O) groups excluding carboxylic acids is 1. The van der Waals surface area contributed by atoms with Crippen LogP contribution in [0, 0.1) is 0 Å². The first kappa shape index (κ1) is 16.7. The zero-order valence-electron chi connectivity index (χ0n) is 13.1. The van der Waals surface area contributed by atoms with Crippen LogP contribution >= 0.6 is 35.0 Å². The van der Waals surface area contributed by atoms with Crippen molar-refractivity contribution in [1.29, 1.82) is 0 Å². The largest absolute Gasteiger partial charge is 0.325 e. The Bertz CT molecular complexity index is 973. The first-order chi connectivity index (χ1) is 12.1. The lowest BCUT2D eigenvalue weighted by atomic mass is 10.1. The molecule has 1 aliphatic rings. The highest BCUT2D eigenvalue weighted by atomic mass is 35.5. The predicted octanol–water partition coefficient (Wildman–Crippen LogP) is 4.26. The molecular formula is C17H14Cl2N4OS. The molecule has 0 spiro atoms. The van der Waals surface area contributed by atoms with Gasteiger partial charge in [0.15, 0.2) is 10.8 Å². The molecule has 2 heterocycles. The van der Waals surface area contributed by atoms with Crippen molar-refractivity contribution in [3.8, 4) is 0 Å². The van der Waals surface area contributed by atoms with Gasteiger partial charge in [0, 0.05) is 11.9 Å². The number of nitrogens with one attached hydrogen (secondary N) is 1. The molecule has 128 valence electrons. The second-order valence-electron chi connectivity index (χ2n) is 5.86. The molecule has 1 aromatic carbocycles. The van der Waals surface area contributed by atoms with Gasteiger partial charge in [-0.05, 0) is 48.6 Å². The van der Waals surface area contributed by atoms with Crippen molar-refractivity contribution < 1.29 is 4.79 Å². The summed E-state index contributed by atoms with van der Waals surface area (Å²) in [5, 5.41) is 12.5. The summed E-state index contributed by atoms with van der Waals surface area (Å²) in [5.74, 6) is 0.134. The number of halogens is 2. The molecule has 1 N–H and O–H groups in total. The fourth-order valence-corrected chi connectivity index (χ4v) is 4.20. The smallest absolute Gasteiger partial charge is 0.234 e. The fraction of sp³-hybridized carbons (Fsp3) is 0.235. The monoisotopic (exact) mass is 392 g/mol. The fourth-order valence-electron chi connectivity index (χ4n) is 2.98. The predicted molar refractivity (Wildman–Crippen MR) is 101 cm³/mol. The van der Waals surface area contributed by atoms with Gasteiger partial charge >= 0.3 is 0 Å². The summed E-state index contributed by atoms with van der Waals surface area (Å²) in [6, 6.07) is 7.74. The Morgan fingerprint density at radius 2 is 2.04 bits per heavy atom. The molecule has 8 heteroatoms. The summed E-state index contributed by atoms with van der Waals surface area (Å²) in [6.07, 6.45) is 5.09. The lowest BCUT2D eigenvalue weighted by Crippen LogP contribution is -2.14. The number of fused-ring (bicyclic) bond motifs is 2. The number of hydrogen-bond acceptors (Lipinski definition) is 4. The van der Waals surface area contributed by atoms with E-state index in [1.807, 2.05) is 6.07 Å². The minimum absolute atomic E-state index is 0.0900. The molecule has 0 bridgehead atoms. The van der Waals surface area contributed by atoms with E-state index < -0.39 is 0 Å². The third kappa shape index (κ3) is 3.47. The molecule has 1 aliphatic carbocycles. The Kier molecular flexibility index (Phi) is 4.58. The quantitative estimate of drug-likeness (QED) is 0.673. The highest BCUT2D eigenvalue weighted by molar-refractivity contribution is 7.99. The summed E-state index contributed by atoms with van der Waals surface area (Å²) in [5.41, 5.74) is 4.07. The van der Waals surface area contributed by atoms with E-state index in [-0.39, 0.29) is 11.7 Å². The van der Waals surface area contributed by atoms with Gasteiger partial charge in [-0.25, -0.2) is 0 Å². The Morgan fingerprint density at radius 3 is 2.92 bits per heavy atom. The van der Waals surface area contributed by atoms with Crippen LogP contribution in [0.3, 0.4) is 0 Å². The van der Waals surface area contributed by atoms with Gasteiger partial charge in [-0.15, -0.1) is 10.2 Å². The average molecular weight is 393 g/mol. The molecule has 0 saturated heterocycles. The minimum Gasteiger partial charge on any atom is -0.325 e. The van der Waals surface area contributed by atoms with Gasteiger partial charge in [0.05, 0.1) is 15.8 Å². The van der Waals surface area contributed by atoms with Crippen molar-refractivity contribution in [2.24, 2.45) is 0 Å². The molecule has 0 fully saturated rings. The van der Waals surface area contributed by atoms with Crippen LogP contribution in [0.25, 0.3) is 5.65 Å². The van der Waals surface area contributed by atoms with Crippen LogP contribution in [0.4, 0.5) is 5.69 Å². The highest BCUT2D eigenvalue weighted by Gasteiger charge is 2.14. The highest BCUT2D eigenvalue weighted by Crippen LogP contribution is 2.27. The maximum atomic E-state index is 12.2. The summed E-state index contributed by atoms with van der Waals surface area (Å²) in [7, 11) is 0. The zero-order valence-corrected chi connectivity index (χ0v) is 15.5. The Morgan fingerprint density at radius 1 is 1.20 bits per heavy atom. The average Bonchev–Trinajstić information content (AvgIpc) is 3.19. The van der Waals surface area contributed by atoms with Crippen molar-refractivity contribution >= 4 is 52.2 Å². The van der Waals surface area contributed by atoms with Crippen molar-refractivity contribution in [2.45, 2.75) is 24.4 Å². The Labute approximate surface area is 158 Å². The number of hydrogen-bond donors (Lipinski definition) is 1. The van der Waals surface area contributed by atoms with E-state index in [2.05, 4.69) is 27.6 Å². The topological polar surface area (TPSA) is 59.3 Å². The molecule has 3 aromatic rings. The molecule has 0 aliphatic heterocycles. The first-order valence-corrected chi connectivity index (χ1v) is 9.58. The first-order valence-electron chi connectivity index (χ1n) is 7.84. The van der Waals surface area contributed by atoms with Gasteiger partial charge in [0.1, 0.15) is 0 Å².